The Morgan fingerprint density at radius 1 is 1.16 bits per heavy atom. The zero-order chi connectivity index (χ0) is 13.7. The van der Waals surface area contributed by atoms with E-state index in [-0.39, 0.29) is 0 Å². The predicted octanol–water partition coefficient (Wildman–Crippen LogP) is 0.596. The van der Waals surface area contributed by atoms with Gasteiger partial charge in [0.25, 0.3) is 0 Å². The minimum absolute atomic E-state index is 0.610. The molecule has 0 amide bonds. The third kappa shape index (κ3) is 3.23. The van der Waals surface area contributed by atoms with Gasteiger partial charge in [-0.1, -0.05) is 0 Å². The molecule has 106 valence electrons. The predicted molar refractivity (Wildman–Crippen MR) is 76.0 cm³/mol. The van der Waals surface area contributed by atoms with Crippen LogP contribution in [0.15, 0.2) is 0 Å². The fourth-order valence-corrected chi connectivity index (χ4v) is 2.02. The molecule has 0 aliphatic carbocycles. The lowest BCUT2D eigenvalue weighted by Crippen LogP contribution is -2.38. The van der Waals surface area contributed by atoms with E-state index in [0.29, 0.717) is 5.95 Å². The van der Waals surface area contributed by atoms with Crippen molar-refractivity contribution in [3.8, 4) is 0 Å². The standard InChI is InChI=1S/C12H22N6O/c1-4-17(5-2)11-14-10(13-3)15-12(16-11)18-6-8-19-9-7-18/h4-9H2,1-3H3,(H,13,14,15,16). The number of hydrogen-bond acceptors (Lipinski definition) is 7. The minimum Gasteiger partial charge on any atom is -0.378 e. The Balaban J connectivity index is 2.29. The zero-order valence-electron chi connectivity index (χ0n) is 11.9. The molecule has 7 nitrogen and oxygen atoms in total. The molecular formula is C12H22N6O. The lowest BCUT2D eigenvalue weighted by atomic mass is 10.4. The average Bonchev–Trinajstić information content (AvgIpc) is 2.49. The van der Waals surface area contributed by atoms with Crippen LogP contribution in [0.2, 0.25) is 0 Å². The lowest BCUT2D eigenvalue weighted by Gasteiger charge is -2.28. The van der Waals surface area contributed by atoms with Crippen LogP contribution in [-0.2, 0) is 4.74 Å². The molecule has 1 aromatic heterocycles. The highest BCUT2D eigenvalue weighted by molar-refractivity contribution is 5.45. The van der Waals surface area contributed by atoms with Gasteiger partial charge in [-0.2, -0.15) is 15.0 Å². The molecule has 0 aromatic carbocycles. The summed E-state index contributed by atoms with van der Waals surface area (Å²) in [6, 6.07) is 0. The van der Waals surface area contributed by atoms with Crippen LogP contribution in [-0.4, -0.2) is 61.4 Å². The van der Waals surface area contributed by atoms with E-state index in [0.717, 1.165) is 51.3 Å². The molecule has 2 rings (SSSR count). The van der Waals surface area contributed by atoms with E-state index in [1.54, 1.807) is 0 Å². The van der Waals surface area contributed by atoms with Crippen molar-refractivity contribution in [3.05, 3.63) is 0 Å². The van der Waals surface area contributed by atoms with Crippen molar-refractivity contribution in [1.29, 1.82) is 0 Å². The molecule has 7 heteroatoms. The fourth-order valence-electron chi connectivity index (χ4n) is 2.02. The molecule has 0 atom stereocenters. The van der Waals surface area contributed by atoms with Crippen LogP contribution in [0.1, 0.15) is 13.8 Å². The van der Waals surface area contributed by atoms with Gasteiger partial charge in [-0.25, -0.2) is 0 Å². The number of ether oxygens (including phenoxy) is 1. The van der Waals surface area contributed by atoms with Gasteiger partial charge in [0.05, 0.1) is 13.2 Å². The number of anilines is 3. The Hall–Kier alpha value is -1.63. The summed E-state index contributed by atoms with van der Waals surface area (Å²) >= 11 is 0. The van der Waals surface area contributed by atoms with Gasteiger partial charge in [0.2, 0.25) is 17.8 Å². The summed E-state index contributed by atoms with van der Waals surface area (Å²) in [5, 5.41) is 3.00. The second-order valence-corrected chi connectivity index (χ2v) is 4.28. The third-order valence-electron chi connectivity index (χ3n) is 3.18. The van der Waals surface area contributed by atoms with E-state index in [1.807, 2.05) is 7.05 Å². The molecule has 1 saturated heterocycles. The number of nitrogens with zero attached hydrogens (tertiary/aromatic N) is 5. The van der Waals surface area contributed by atoms with Gasteiger partial charge in [0, 0.05) is 33.2 Å². The molecular weight excluding hydrogens is 244 g/mol. The molecule has 1 fully saturated rings. The van der Waals surface area contributed by atoms with E-state index in [2.05, 4.69) is 43.9 Å². The average molecular weight is 266 g/mol. The summed E-state index contributed by atoms with van der Waals surface area (Å²) in [5.74, 6) is 2.06. The molecule has 1 aliphatic heterocycles. The first-order chi connectivity index (χ1) is 9.28. The van der Waals surface area contributed by atoms with Gasteiger partial charge in [-0.15, -0.1) is 0 Å². The Morgan fingerprint density at radius 2 is 1.84 bits per heavy atom. The van der Waals surface area contributed by atoms with Crippen LogP contribution in [0.5, 0.6) is 0 Å². The van der Waals surface area contributed by atoms with Crippen molar-refractivity contribution in [3.63, 3.8) is 0 Å². The first-order valence-corrected chi connectivity index (χ1v) is 6.80. The van der Waals surface area contributed by atoms with Crippen LogP contribution >= 0.6 is 0 Å². The summed E-state index contributed by atoms with van der Waals surface area (Å²) in [5.41, 5.74) is 0. The monoisotopic (exact) mass is 266 g/mol. The van der Waals surface area contributed by atoms with Crippen LogP contribution < -0.4 is 15.1 Å². The fraction of sp³-hybridized carbons (Fsp3) is 0.750. The Labute approximate surface area is 114 Å². The van der Waals surface area contributed by atoms with Crippen molar-refractivity contribution in [1.82, 2.24) is 15.0 Å². The van der Waals surface area contributed by atoms with E-state index in [1.165, 1.54) is 0 Å². The first kappa shape index (κ1) is 13.8. The molecule has 2 heterocycles. The maximum Gasteiger partial charge on any atom is 0.232 e. The van der Waals surface area contributed by atoms with Crippen molar-refractivity contribution in [2.75, 3.05) is 61.6 Å². The second-order valence-electron chi connectivity index (χ2n) is 4.28. The van der Waals surface area contributed by atoms with Gasteiger partial charge in [-0.3, -0.25) is 0 Å². The van der Waals surface area contributed by atoms with Crippen molar-refractivity contribution >= 4 is 17.8 Å². The highest BCUT2D eigenvalue weighted by atomic mass is 16.5. The van der Waals surface area contributed by atoms with Crippen LogP contribution in [0, 0.1) is 0 Å². The summed E-state index contributed by atoms with van der Waals surface area (Å²) < 4.78 is 5.36. The molecule has 0 unspecified atom stereocenters. The maximum absolute atomic E-state index is 5.36. The van der Waals surface area contributed by atoms with Crippen molar-refractivity contribution in [2.45, 2.75) is 13.8 Å². The summed E-state index contributed by atoms with van der Waals surface area (Å²) in [4.78, 5) is 17.7. The number of nitrogens with one attached hydrogen (secondary N) is 1. The van der Waals surface area contributed by atoms with E-state index < -0.39 is 0 Å². The number of morpholine rings is 1. The molecule has 0 bridgehead atoms. The highest BCUT2D eigenvalue weighted by Crippen LogP contribution is 2.17. The maximum atomic E-state index is 5.36. The van der Waals surface area contributed by atoms with E-state index >= 15 is 0 Å². The Kier molecular flexibility index (Phi) is 4.73. The summed E-state index contributed by atoms with van der Waals surface area (Å²) in [6.45, 7) is 9.05. The lowest BCUT2D eigenvalue weighted by molar-refractivity contribution is 0.122. The van der Waals surface area contributed by atoms with Gasteiger partial charge < -0.3 is 19.9 Å². The Bertz CT molecular complexity index is 403. The Morgan fingerprint density at radius 3 is 2.42 bits per heavy atom. The van der Waals surface area contributed by atoms with E-state index in [4.69, 9.17) is 4.74 Å². The minimum atomic E-state index is 0.610. The van der Waals surface area contributed by atoms with Gasteiger partial charge in [0.1, 0.15) is 0 Å². The number of rotatable bonds is 5. The van der Waals surface area contributed by atoms with Gasteiger partial charge in [-0.05, 0) is 13.8 Å². The van der Waals surface area contributed by atoms with Crippen LogP contribution in [0.3, 0.4) is 0 Å². The quantitative estimate of drug-likeness (QED) is 0.837. The number of hydrogen-bond donors (Lipinski definition) is 1. The molecule has 0 radical (unpaired) electrons. The smallest absolute Gasteiger partial charge is 0.232 e. The molecule has 1 aliphatic rings. The summed E-state index contributed by atoms with van der Waals surface area (Å²) in [7, 11) is 1.82. The number of aromatic nitrogens is 3. The zero-order valence-corrected chi connectivity index (χ0v) is 11.9. The summed E-state index contributed by atoms with van der Waals surface area (Å²) in [6.07, 6.45) is 0. The first-order valence-electron chi connectivity index (χ1n) is 6.80. The molecule has 0 saturated carbocycles. The molecule has 1 aromatic rings. The molecule has 1 N–H and O–H groups in total. The second kappa shape index (κ2) is 6.51. The molecule has 0 spiro atoms. The molecule has 19 heavy (non-hydrogen) atoms. The third-order valence-corrected chi connectivity index (χ3v) is 3.18. The van der Waals surface area contributed by atoms with Gasteiger partial charge >= 0.3 is 0 Å². The van der Waals surface area contributed by atoms with E-state index in [9.17, 15) is 0 Å². The van der Waals surface area contributed by atoms with Gasteiger partial charge in [0.15, 0.2) is 0 Å². The topological polar surface area (TPSA) is 66.4 Å². The normalized spacial score (nSPS) is 15.4. The van der Waals surface area contributed by atoms with Crippen LogP contribution in [0.4, 0.5) is 17.8 Å². The SMILES string of the molecule is CCN(CC)c1nc(NC)nc(N2CCOCC2)n1. The largest absolute Gasteiger partial charge is 0.378 e. The highest BCUT2D eigenvalue weighted by Gasteiger charge is 2.17. The van der Waals surface area contributed by atoms with Crippen LogP contribution in [0.25, 0.3) is 0 Å². The van der Waals surface area contributed by atoms with Crippen molar-refractivity contribution in [2.24, 2.45) is 0 Å². The van der Waals surface area contributed by atoms with Crippen molar-refractivity contribution < 1.29 is 4.74 Å².